The van der Waals surface area contributed by atoms with Crippen LogP contribution in [0.1, 0.15) is 18.4 Å². The zero-order valence-electron chi connectivity index (χ0n) is 10.3. The molecule has 0 saturated heterocycles. The highest BCUT2D eigenvalue weighted by Crippen LogP contribution is 2.08. The van der Waals surface area contributed by atoms with Crippen molar-refractivity contribution in [1.82, 2.24) is 5.32 Å². The number of nitriles is 1. The maximum atomic E-state index is 11.7. The number of amides is 1. The number of nitrogens with one attached hydrogen (secondary N) is 1. The first-order valence-corrected chi connectivity index (χ1v) is 6.10. The molecular formula is C14H18N2O2. The fourth-order valence-corrected chi connectivity index (χ4v) is 1.62. The summed E-state index contributed by atoms with van der Waals surface area (Å²) in [5, 5.41) is 20.3. The van der Waals surface area contributed by atoms with E-state index in [1.165, 1.54) is 0 Å². The van der Waals surface area contributed by atoms with E-state index in [9.17, 15) is 4.79 Å². The summed E-state index contributed by atoms with van der Waals surface area (Å²) in [4.78, 5) is 11.7. The van der Waals surface area contributed by atoms with Crippen molar-refractivity contribution < 1.29 is 9.90 Å². The first kappa shape index (κ1) is 14.2. The summed E-state index contributed by atoms with van der Waals surface area (Å²) >= 11 is 0. The standard InChI is InChI=1S/C14H18N2O2/c15-11-13(10-12-6-2-1-3-7-12)14(18)16-8-4-5-9-17/h1-3,6-7,13,17H,4-5,8-10H2,(H,16,18). The molecule has 0 aliphatic carbocycles. The number of rotatable bonds is 7. The summed E-state index contributed by atoms with van der Waals surface area (Å²) in [7, 11) is 0. The molecule has 0 heterocycles. The van der Waals surface area contributed by atoms with Crippen LogP contribution >= 0.6 is 0 Å². The number of benzene rings is 1. The quantitative estimate of drug-likeness (QED) is 0.711. The Balaban J connectivity index is 2.41. The SMILES string of the molecule is N#CC(Cc1ccccc1)C(=O)NCCCCO. The normalized spacial score (nSPS) is 11.6. The average Bonchev–Trinajstić information content (AvgIpc) is 2.42. The van der Waals surface area contributed by atoms with Gasteiger partial charge in [0.2, 0.25) is 5.91 Å². The highest BCUT2D eigenvalue weighted by atomic mass is 16.2. The van der Waals surface area contributed by atoms with Crippen molar-refractivity contribution in [3.8, 4) is 6.07 Å². The van der Waals surface area contributed by atoms with Crippen LogP contribution in [-0.2, 0) is 11.2 Å². The first-order chi connectivity index (χ1) is 8.77. The number of carbonyl (C=O) groups is 1. The fourth-order valence-electron chi connectivity index (χ4n) is 1.62. The average molecular weight is 246 g/mol. The molecule has 1 unspecified atom stereocenters. The Labute approximate surface area is 107 Å². The van der Waals surface area contributed by atoms with Crippen molar-refractivity contribution in [2.75, 3.05) is 13.2 Å². The summed E-state index contributed by atoms with van der Waals surface area (Å²) in [5.74, 6) is -0.888. The van der Waals surface area contributed by atoms with Gasteiger partial charge in [-0.3, -0.25) is 4.79 Å². The van der Waals surface area contributed by atoms with E-state index in [0.717, 1.165) is 12.0 Å². The van der Waals surface area contributed by atoms with Crippen LogP contribution in [0.5, 0.6) is 0 Å². The highest BCUT2D eigenvalue weighted by molar-refractivity contribution is 5.81. The molecule has 96 valence electrons. The third-order valence-electron chi connectivity index (χ3n) is 2.64. The lowest BCUT2D eigenvalue weighted by atomic mass is 10.00. The molecule has 0 saturated carbocycles. The fraction of sp³-hybridized carbons (Fsp3) is 0.429. The lowest BCUT2D eigenvalue weighted by molar-refractivity contribution is -0.123. The van der Waals surface area contributed by atoms with E-state index in [4.69, 9.17) is 10.4 Å². The number of unbranched alkanes of at least 4 members (excludes halogenated alkanes) is 1. The topological polar surface area (TPSA) is 73.1 Å². The van der Waals surface area contributed by atoms with Gasteiger partial charge in [-0.15, -0.1) is 0 Å². The van der Waals surface area contributed by atoms with Crippen molar-refractivity contribution in [2.24, 2.45) is 5.92 Å². The minimum Gasteiger partial charge on any atom is -0.396 e. The van der Waals surface area contributed by atoms with Gasteiger partial charge in [-0.1, -0.05) is 30.3 Å². The molecule has 0 aliphatic heterocycles. The predicted octanol–water partition coefficient (Wildman–Crippen LogP) is 1.26. The van der Waals surface area contributed by atoms with Crippen LogP contribution in [0.3, 0.4) is 0 Å². The molecular weight excluding hydrogens is 228 g/mol. The summed E-state index contributed by atoms with van der Waals surface area (Å²) < 4.78 is 0. The van der Waals surface area contributed by atoms with Crippen molar-refractivity contribution in [2.45, 2.75) is 19.3 Å². The Kier molecular flexibility index (Phi) is 6.52. The Morgan fingerprint density at radius 2 is 2.06 bits per heavy atom. The molecule has 0 aromatic heterocycles. The molecule has 4 nitrogen and oxygen atoms in total. The number of nitrogens with zero attached hydrogens (tertiary/aromatic N) is 1. The number of hydrogen-bond donors (Lipinski definition) is 2. The zero-order valence-corrected chi connectivity index (χ0v) is 10.3. The van der Waals surface area contributed by atoms with Crippen LogP contribution in [0, 0.1) is 17.2 Å². The van der Waals surface area contributed by atoms with Crippen molar-refractivity contribution in [3.05, 3.63) is 35.9 Å². The van der Waals surface area contributed by atoms with E-state index in [1.807, 2.05) is 36.4 Å². The van der Waals surface area contributed by atoms with Crippen LogP contribution in [0.15, 0.2) is 30.3 Å². The summed E-state index contributed by atoms with van der Waals surface area (Å²) in [5.41, 5.74) is 0.981. The predicted molar refractivity (Wildman–Crippen MR) is 68.6 cm³/mol. The van der Waals surface area contributed by atoms with Gasteiger partial charge in [-0.2, -0.15) is 5.26 Å². The molecule has 1 aromatic carbocycles. The van der Waals surface area contributed by atoms with Gasteiger partial charge in [-0.25, -0.2) is 0 Å². The van der Waals surface area contributed by atoms with E-state index < -0.39 is 5.92 Å². The molecule has 1 atom stereocenters. The molecule has 2 N–H and O–H groups in total. The molecule has 1 aromatic rings. The Morgan fingerprint density at radius 3 is 2.67 bits per heavy atom. The van der Waals surface area contributed by atoms with Gasteiger partial charge in [0.1, 0.15) is 5.92 Å². The van der Waals surface area contributed by atoms with E-state index in [-0.39, 0.29) is 12.5 Å². The number of aliphatic hydroxyl groups is 1. The molecule has 0 radical (unpaired) electrons. The van der Waals surface area contributed by atoms with Crippen LogP contribution in [0.2, 0.25) is 0 Å². The largest absolute Gasteiger partial charge is 0.396 e. The monoisotopic (exact) mass is 246 g/mol. The molecule has 4 heteroatoms. The van der Waals surface area contributed by atoms with E-state index >= 15 is 0 Å². The molecule has 1 rings (SSSR count). The van der Waals surface area contributed by atoms with Gasteiger partial charge in [0, 0.05) is 13.2 Å². The molecule has 1 amide bonds. The Morgan fingerprint density at radius 1 is 1.33 bits per heavy atom. The van der Waals surface area contributed by atoms with Crippen molar-refractivity contribution in [3.63, 3.8) is 0 Å². The zero-order chi connectivity index (χ0) is 13.2. The minimum atomic E-state index is -0.651. The lowest BCUT2D eigenvalue weighted by Crippen LogP contribution is -2.32. The summed E-state index contributed by atoms with van der Waals surface area (Å²) in [6.45, 7) is 0.633. The lowest BCUT2D eigenvalue weighted by Gasteiger charge is -2.10. The maximum Gasteiger partial charge on any atom is 0.237 e. The highest BCUT2D eigenvalue weighted by Gasteiger charge is 2.17. The minimum absolute atomic E-state index is 0.127. The summed E-state index contributed by atoms with van der Waals surface area (Å²) in [6.07, 6.45) is 1.82. The van der Waals surface area contributed by atoms with Crippen LogP contribution < -0.4 is 5.32 Å². The summed E-state index contributed by atoms with van der Waals surface area (Å²) in [6, 6.07) is 11.5. The first-order valence-electron chi connectivity index (χ1n) is 6.10. The second-order valence-electron chi connectivity index (χ2n) is 4.09. The van der Waals surface area contributed by atoms with Gasteiger partial charge in [-0.05, 0) is 24.8 Å². The molecule has 0 spiro atoms. The molecule has 0 fully saturated rings. The smallest absolute Gasteiger partial charge is 0.237 e. The van der Waals surface area contributed by atoms with Crippen molar-refractivity contribution in [1.29, 1.82) is 5.26 Å². The van der Waals surface area contributed by atoms with E-state index in [1.54, 1.807) is 0 Å². The third-order valence-corrected chi connectivity index (χ3v) is 2.64. The Hall–Kier alpha value is -1.86. The van der Waals surface area contributed by atoms with Gasteiger partial charge in [0.25, 0.3) is 0 Å². The maximum absolute atomic E-state index is 11.7. The van der Waals surface area contributed by atoms with Crippen LogP contribution in [0.4, 0.5) is 0 Å². The van der Waals surface area contributed by atoms with Gasteiger partial charge >= 0.3 is 0 Å². The number of carbonyl (C=O) groups excluding carboxylic acids is 1. The molecule has 0 bridgehead atoms. The van der Waals surface area contributed by atoms with Gasteiger partial charge in [0.05, 0.1) is 6.07 Å². The van der Waals surface area contributed by atoms with E-state index in [0.29, 0.717) is 19.4 Å². The second kappa shape index (κ2) is 8.26. The van der Waals surface area contributed by atoms with E-state index in [2.05, 4.69) is 5.32 Å². The number of aliphatic hydroxyl groups excluding tert-OH is 1. The van der Waals surface area contributed by atoms with Crippen molar-refractivity contribution >= 4 is 5.91 Å². The second-order valence-corrected chi connectivity index (χ2v) is 4.09. The number of hydrogen-bond acceptors (Lipinski definition) is 3. The van der Waals surface area contributed by atoms with Gasteiger partial charge < -0.3 is 10.4 Å². The molecule has 0 aliphatic rings. The molecule has 18 heavy (non-hydrogen) atoms. The Bertz CT molecular complexity index is 398. The van der Waals surface area contributed by atoms with Gasteiger partial charge in [0.15, 0.2) is 0 Å². The third kappa shape index (κ3) is 4.98. The van der Waals surface area contributed by atoms with Crippen LogP contribution in [-0.4, -0.2) is 24.2 Å². The van der Waals surface area contributed by atoms with Crippen LogP contribution in [0.25, 0.3) is 0 Å².